The maximum absolute atomic E-state index is 13.1. The number of benzene rings is 2. The van der Waals surface area contributed by atoms with E-state index in [0.29, 0.717) is 28.0 Å². The summed E-state index contributed by atoms with van der Waals surface area (Å²) < 4.78 is 0. The maximum atomic E-state index is 13.1. The van der Waals surface area contributed by atoms with Crippen molar-refractivity contribution in [1.82, 2.24) is 10.2 Å². The highest BCUT2D eigenvalue weighted by Gasteiger charge is 2.28. The highest BCUT2D eigenvalue weighted by Crippen LogP contribution is 2.24. The molecule has 0 heterocycles. The molecular weight excluding hydrogens is 419 g/mol. The Hall–Kier alpha value is -1.75. The first-order valence-electron chi connectivity index (χ1n) is 9.11. The number of likely N-dealkylation sites (N-methyl/N-ethyl adjacent to an activating group) is 1. The van der Waals surface area contributed by atoms with Gasteiger partial charge in [0.05, 0.1) is 16.5 Å². The molecular formula is C21H23Cl3N2O2. The molecule has 0 bridgehead atoms. The third-order valence-electron chi connectivity index (χ3n) is 4.34. The highest BCUT2D eigenvalue weighted by atomic mass is 35.5. The van der Waals surface area contributed by atoms with Crippen LogP contribution in [0, 0.1) is 0 Å². The third-order valence-corrected chi connectivity index (χ3v) is 5.33. The predicted molar refractivity (Wildman–Crippen MR) is 115 cm³/mol. The molecule has 0 unspecified atom stereocenters. The van der Waals surface area contributed by atoms with Crippen LogP contribution < -0.4 is 5.32 Å². The Kier molecular flexibility index (Phi) is 8.61. The maximum Gasteiger partial charge on any atom is 0.242 e. The second-order valence-corrected chi connectivity index (χ2v) is 7.64. The Morgan fingerprint density at radius 1 is 0.964 bits per heavy atom. The molecule has 0 aliphatic heterocycles. The van der Waals surface area contributed by atoms with Crippen LogP contribution in [0.25, 0.3) is 0 Å². The van der Waals surface area contributed by atoms with Crippen molar-refractivity contribution in [3.63, 3.8) is 0 Å². The van der Waals surface area contributed by atoms with E-state index >= 15 is 0 Å². The molecule has 0 aliphatic rings. The Bertz CT molecular complexity index is 825. The van der Waals surface area contributed by atoms with E-state index in [4.69, 9.17) is 34.8 Å². The summed E-state index contributed by atoms with van der Waals surface area (Å²) in [6, 6.07) is 11.7. The van der Waals surface area contributed by atoms with Crippen molar-refractivity contribution in [1.29, 1.82) is 0 Å². The molecule has 2 amide bonds. The number of hydrogen-bond acceptors (Lipinski definition) is 2. The first kappa shape index (κ1) is 22.5. The van der Waals surface area contributed by atoms with Gasteiger partial charge in [-0.05, 0) is 48.7 Å². The zero-order chi connectivity index (χ0) is 20.7. The van der Waals surface area contributed by atoms with Crippen LogP contribution in [-0.2, 0) is 22.6 Å². The van der Waals surface area contributed by atoms with Crippen molar-refractivity contribution in [2.75, 3.05) is 6.54 Å². The summed E-state index contributed by atoms with van der Waals surface area (Å²) in [6.45, 7) is 4.50. The molecule has 1 atom stereocenters. The molecule has 1 N–H and O–H groups in total. The molecule has 0 radical (unpaired) electrons. The first-order valence-corrected chi connectivity index (χ1v) is 10.2. The van der Waals surface area contributed by atoms with Gasteiger partial charge in [-0.2, -0.15) is 0 Å². The van der Waals surface area contributed by atoms with Gasteiger partial charge < -0.3 is 10.2 Å². The molecule has 4 nitrogen and oxygen atoms in total. The summed E-state index contributed by atoms with van der Waals surface area (Å²) in [7, 11) is 0. The zero-order valence-electron chi connectivity index (χ0n) is 15.8. The van der Waals surface area contributed by atoms with E-state index in [9.17, 15) is 9.59 Å². The number of carbonyl (C=O) groups is 2. The fraction of sp³-hybridized carbons (Fsp3) is 0.333. The van der Waals surface area contributed by atoms with Crippen LogP contribution in [-0.4, -0.2) is 29.3 Å². The summed E-state index contributed by atoms with van der Waals surface area (Å²) in [6.07, 6.45) is 0.675. The summed E-state index contributed by atoms with van der Waals surface area (Å²) in [4.78, 5) is 27.3. The lowest BCUT2D eigenvalue weighted by Gasteiger charge is -2.30. The van der Waals surface area contributed by atoms with Crippen molar-refractivity contribution in [3.8, 4) is 0 Å². The Morgan fingerprint density at radius 2 is 1.61 bits per heavy atom. The Balaban J connectivity index is 2.30. The number of nitrogens with zero attached hydrogens (tertiary/aromatic N) is 1. The van der Waals surface area contributed by atoms with E-state index in [2.05, 4.69) is 5.32 Å². The molecule has 0 aliphatic carbocycles. The van der Waals surface area contributed by atoms with E-state index in [0.717, 1.165) is 11.1 Å². The predicted octanol–water partition coefficient (Wildman–Crippen LogP) is 5.13. The summed E-state index contributed by atoms with van der Waals surface area (Å²) in [5.74, 6) is -0.319. The summed E-state index contributed by atoms with van der Waals surface area (Å²) >= 11 is 18.0. The van der Waals surface area contributed by atoms with Crippen LogP contribution in [0.3, 0.4) is 0 Å². The monoisotopic (exact) mass is 440 g/mol. The van der Waals surface area contributed by atoms with Gasteiger partial charge in [-0.3, -0.25) is 9.59 Å². The highest BCUT2D eigenvalue weighted by molar-refractivity contribution is 6.42. The average molecular weight is 442 g/mol. The minimum Gasteiger partial charge on any atom is -0.355 e. The summed E-state index contributed by atoms with van der Waals surface area (Å²) in [5.41, 5.74) is 1.64. The first-order chi connectivity index (χ1) is 13.3. The molecule has 0 spiro atoms. The smallest absolute Gasteiger partial charge is 0.242 e. The topological polar surface area (TPSA) is 49.4 Å². The largest absolute Gasteiger partial charge is 0.355 e. The molecule has 0 aromatic heterocycles. The van der Waals surface area contributed by atoms with Crippen molar-refractivity contribution in [2.24, 2.45) is 0 Å². The number of amides is 2. The van der Waals surface area contributed by atoms with Crippen molar-refractivity contribution in [2.45, 2.75) is 39.3 Å². The van der Waals surface area contributed by atoms with Crippen LogP contribution >= 0.6 is 34.8 Å². The van der Waals surface area contributed by atoms with Gasteiger partial charge in [0.2, 0.25) is 11.8 Å². The molecule has 2 aromatic rings. The van der Waals surface area contributed by atoms with Gasteiger partial charge in [-0.25, -0.2) is 0 Å². The molecule has 2 aromatic carbocycles. The van der Waals surface area contributed by atoms with Crippen molar-refractivity contribution in [3.05, 3.63) is 68.7 Å². The van der Waals surface area contributed by atoms with Gasteiger partial charge in [0.1, 0.15) is 6.04 Å². The minimum atomic E-state index is -0.575. The van der Waals surface area contributed by atoms with Gasteiger partial charge in [0.25, 0.3) is 0 Å². The number of halogens is 3. The van der Waals surface area contributed by atoms with E-state index in [1.165, 1.54) is 0 Å². The normalized spacial score (nSPS) is 11.8. The van der Waals surface area contributed by atoms with Gasteiger partial charge in [0.15, 0.2) is 0 Å². The van der Waals surface area contributed by atoms with E-state index in [1.54, 1.807) is 35.2 Å². The van der Waals surface area contributed by atoms with Crippen LogP contribution in [0.4, 0.5) is 0 Å². The number of rotatable bonds is 8. The van der Waals surface area contributed by atoms with Gasteiger partial charge in [0, 0.05) is 18.1 Å². The molecule has 2 rings (SSSR count). The molecule has 0 fully saturated rings. The second-order valence-electron chi connectivity index (χ2n) is 6.39. The lowest BCUT2D eigenvalue weighted by atomic mass is 10.1. The van der Waals surface area contributed by atoms with Gasteiger partial charge in [-0.1, -0.05) is 59.9 Å². The number of nitrogens with one attached hydrogen (secondary N) is 1. The van der Waals surface area contributed by atoms with Crippen LogP contribution in [0.1, 0.15) is 31.4 Å². The quantitative estimate of drug-likeness (QED) is 0.617. The molecule has 28 heavy (non-hydrogen) atoms. The van der Waals surface area contributed by atoms with Gasteiger partial charge in [-0.15, -0.1) is 0 Å². The Morgan fingerprint density at radius 3 is 2.18 bits per heavy atom. The standard InChI is InChI=1S/C21H23Cl3N2O2/c1-3-19(21(28)25-4-2)26(13-15-7-10-17(23)18(24)11-15)20(27)12-14-5-8-16(22)9-6-14/h5-11,19H,3-4,12-13H2,1-2H3,(H,25,28)/t19-/m1/s1. The van der Waals surface area contributed by atoms with Crippen LogP contribution in [0.15, 0.2) is 42.5 Å². The van der Waals surface area contributed by atoms with Crippen molar-refractivity contribution >= 4 is 46.6 Å². The zero-order valence-corrected chi connectivity index (χ0v) is 18.1. The number of hydrogen-bond donors (Lipinski definition) is 1. The van der Waals surface area contributed by atoms with Crippen LogP contribution in [0.5, 0.6) is 0 Å². The fourth-order valence-corrected chi connectivity index (χ4v) is 3.37. The van der Waals surface area contributed by atoms with E-state index < -0.39 is 6.04 Å². The molecule has 150 valence electrons. The summed E-state index contributed by atoms with van der Waals surface area (Å²) in [5, 5.41) is 4.28. The second kappa shape index (κ2) is 10.7. The minimum absolute atomic E-state index is 0.147. The Labute approximate surface area is 180 Å². The lowest BCUT2D eigenvalue weighted by Crippen LogP contribution is -2.49. The molecule has 7 heteroatoms. The average Bonchev–Trinajstić information content (AvgIpc) is 2.66. The number of carbonyl (C=O) groups excluding carboxylic acids is 2. The fourth-order valence-electron chi connectivity index (χ4n) is 2.92. The van der Waals surface area contributed by atoms with E-state index in [1.807, 2.05) is 26.0 Å². The van der Waals surface area contributed by atoms with Gasteiger partial charge >= 0.3 is 0 Å². The van der Waals surface area contributed by atoms with Crippen LogP contribution in [0.2, 0.25) is 15.1 Å². The van der Waals surface area contributed by atoms with Crippen molar-refractivity contribution < 1.29 is 9.59 Å². The molecule has 0 saturated carbocycles. The van der Waals surface area contributed by atoms with E-state index in [-0.39, 0.29) is 24.8 Å². The molecule has 0 saturated heterocycles. The lowest BCUT2D eigenvalue weighted by molar-refractivity contribution is -0.140. The SMILES string of the molecule is CCNC(=O)[C@@H](CC)N(Cc1ccc(Cl)c(Cl)c1)C(=O)Cc1ccc(Cl)cc1. The third kappa shape index (κ3) is 6.13.